The van der Waals surface area contributed by atoms with Crippen molar-refractivity contribution in [2.45, 2.75) is 57.1 Å². The fourth-order valence-corrected chi connectivity index (χ4v) is 3.25. The molecule has 1 unspecified atom stereocenters. The summed E-state index contributed by atoms with van der Waals surface area (Å²) in [6.45, 7) is 5.41. The lowest BCUT2D eigenvalue weighted by Gasteiger charge is -2.31. The highest BCUT2D eigenvalue weighted by atomic mass is 32.1. The van der Waals surface area contributed by atoms with Gasteiger partial charge in [-0.3, -0.25) is 14.4 Å². The van der Waals surface area contributed by atoms with Gasteiger partial charge in [-0.1, -0.05) is 6.07 Å². The van der Waals surface area contributed by atoms with E-state index in [4.69, 9.17) is 10.5 Å². The second-order valence-corrected chi connectivity index (χ2v) is 7.83. The number of phenolic OH excluding ortho intramolecular Hbond substituents is 1. The maximum absolute atomic E-state index is 12.7. The Hall–Kier alpha value is -2.22. The fourth-order valence-electron chi connectivity index (χ4n) is 2.94. The van der Waals surface area contributed by atoms with Crippen LogP contribution in [-0.4, -0.2) is 44.7 Å². The number of carbonyl (C=O) groups is 3. The van der Waals surface area contributed by atoms with Crippen LogP contribution in [-0.2, 0) is 20.9 Å². The zero-order chi connectivity index (χ0) is 19.6. The summed E-state index contributed by atoms with van der Waals surface area (Å²) in [5.74, 6) is -1.43. The lowest BCUT2D eigenvalue weighted by molar-refractivity contribution is -0.155. The molecule has 2 atom stereocenters. The molecule has 0 radical (unpaired) electrons. The van der Waals surface area contributed by atoms with Gasteiger partial charge in [0.1, 0.15) is 16.6 Å². The molecule has 1 heterocycles. The van der Waals surface area contributed by atoms with E-state index in [1.165, 1.54) is 11.0 Å². The summed E-state index contributed by atoms with van der Waals surface area (Å²) < 4.78 is 5.28. The number of nitrogens with two attached hydrogens (primary N) is 1. The summed E-state index contributed by atoms with van der Waals surface area (Å²) in [7, 11) is 0. The standard InChI is InChI=1S/C18H24N2O5S/c1-18(2,3)25-14(22)8-7-12(15(26)16(19)23)20-9-11-10(17(20)24)5-4-6-13(11)21/h4-6,12,15,21,26H,7-9H2,1-3H3,(H2,19,23)/t12-,15?/m0/s1. The summed E-state index contributed by atoms with van der Waals surface area (Å²) in [5.41, 5.74) is 5.61. The average Bonchev–Trinajstić information content (AvgIpc) is 2.84. The lowest BCUT2D eigenvalue weighted by Crippen LogP contribution is -2.47. The number of esters is 1. The Labute approximate surface area is 157 Å². The number of ether oxygens (including phenoxy) is 1. The topological polar surface area (TPSA) is 110 Å². The van der Waals surface area contributed by atoms with Crippen LogP contribution in [0.5, 0.6) is 5.75 Å². The van der Waals surface area contributed by atoms with Gasteiger partial charge < -0.3 is 20.5 Å². The minimum atomic E-state index is -0.946. The van der Waals surface area contributed by atoms with Crippen LogP contribution in [0.4, 0.5) is 0 Å². The maximum Gasteiger partial charge on any atom is 0.306 e. The van der Waals surface area contributed by atoms with E-state index in [-0.39, 0.29) is 31.0 Å². The molecule has 142 valence electrons. The van der Waals surface area contributed by atoms with Crippen molar-refractivity contribution in [2.24, 2.45) is 5.73 Å². The second-order valence-electron chi connectivity index (χ2n) is 7.28. The molecule has 0 aromatic heterocycles. The Morgan fingerprint density at radius 1 is 1.38 bits per heavy atom. The normalized spacial score (nSPS) is 16.2. The number of nitrogens with zero attached hydrogens (tertiary/aromatic N) is 1. The Kier molecular flexibility index (Phi) is 5.85. The number of aromatic hydroxyl groups is 1. The Morgan fingerprint density at radius 2 is 2.04 bits per heavy atom. The minimum absolute atomic E-state index is 0.0123. The largest absolute Gasteiger partial charge is 0.508 e. The third-order valence-corrected chi connectivity index (χ3v) is 4.69. The van der Waals surface area contributed by atoms with E-state index in [0.29, 0.717) is 11.1 Å². The van der Waals surface area contributed by atoms with Crippen molar-refractivity contribution in [2.75, 3.05) is 0 Å². The summed E-state index contributed by atoms with van der Waals surface area (Å²) >= 11 is 4.25. The molecule has 0 saturated heterocycles. The predicted molar refractivity (Wildman–Crippen MR) is 98.8 cm³/mol. The monoisotopic (exact) mass is 380 g/mol. The predicted octanol–water partition coefficient (Wildman–Crippen LogP) is 1.62. The smallest absolute Gasteiger partial charge is 0.306 e. The van der Waals surface area contributed by atoms with Gasteiger partial charge in [0.25, 0.3) is 5.91 Å². The maximum atomic E-state index is 12.7. The van der Waals surface area contributed by atoms with Crippen molar-refractivity contribution in [1.29, 1.82) is 0 Å². The van der Waals surface area contributed by atoms with Crippen molar-refractivity contribution in [3.63, 3.8) is 0 Å². The molecule has 0 bridgehead atoms. The van der Waals surface area contributed by atoms with E-state index in [0.717, 1.165) is 0 Å². The Balaban J connectivity index is 2.19. The molecule has 2 amide bonds. The first kappa shape index (κ1) is 20.1. The lowest BCUT2D eigenvalue weighted by atomic mass is 10.0. The number of fused-ring (bicyclic) bond motifs is 1. The SMILES string of the molecule is CC(C)(C)OC(=O)CC[C@@H](C(S)C(N)=O)N1Cc2c(O)cccc2C1=O. The van der Waals surface area contributed by atoms with Gasteiger partial charge in [-0.05, 0) is 39.3 Å². The van der Waals surface area contributed by atoms with E-state index in [9.17, 15) is 19.5 Å². The molecular formula is C18H24N2O5S. The third-order valence-electron chi connectivity index (χ3n) is 4.09. The highest BCUT2D eigenvalue weighted by molar-refractivity contribution is 7.81. The summed E-state index contributed by atoms with van der Waals surface area (Å²) in [6.07, 6.45) is 0.185. The molecule has 7 nitrogen and oxygen atoms in total. The van der Waals surface area contributed by atoms with E-state index in [2.05, 4.69) is 12.6 Å². The van der Waals surface area contributed by atoms with Crippen molar-refractivity contribution in [3.8, 4) is 5.75 Å². The first-order valence-corrected chi connectivity index (χ1v) is 8.84. The molecule has 0 spiro atoms. The van der Waals surface area contributed by atoms with E-state index in [1.54, 1.807) is 32.9 Å². The van der Waals surface area contributed by atoms with Crippen LogP contribution < -0.4 is 5.73 Å². The van der Waals surface area contributed by atoms with Gasteiger partial charge in [0, 0.05) is 17.5 Å². The van der Waals surface area contributed by atoms with E-state index >= 15 is 0 Å². The molecule has 26 heavy (non-hydrogen) atoms. The molecule has 0 saturated carbocycles. The van der Waals surface area contributed by atoms with Crippen molar-refractivity contribution in [1.82, 2.24) is 4.90 Å². The number of carbonyl (C=O) groups excluding carboxylic acids is 3. The van der Waals surface area contributed by atoms with Crippen LogP contribution in [0.3, 0.4) is 0 Å². The number of rotatable bonds is 6. The number of phenols is 1. The summed E-state index contributed by atoms with van der Waals surface area (Å²) in [4.78, 5) is 37.8. The van der Waals surface area contributed by atoms with Gasteiger partial charge in [-0.2, -0.15) is 12.6 Å². The van der Waals surface area contributed by atoms with E-state index < -0.39 is 28.8 Å². The van der Waals surface area contributed by atoms with Crippen molar-refractivity contribution < 1.29 is 24.2 Å². The molecule has 8 heteroatoms. The average molecular weight is 380 g/mol. The van der Waals surface area contributed by atoms with Gasteiger partial charge in [-0.25, -0.2) is 0 Å². The van der Waals surface area contributed by atoms with Gasteiger partial charge >= 0.3 is 5.97 Å². The van der Waals surface area contributed by atoms with Crippen LogP contribution in [0.1, 0.15) is 49.5 Å². The number of hydrogen-bond donors (Lipinski definition) is 3. The van der Waals surface area contributed by atoms with Crippen molar-refractivity contribution >= 4 is 30.4 Å². The molecule has 1 aromatic rings. The molecule has 0 aliphatic carbocycles. The highest BCUT2D eigenvalue weighted by Crippen LogP contribution is 2.33. The first-order chi connectivity index (χ1) is 12.0. The number of benzene rings is 1. The number of hydrogen-bond acceptors (Lipinski definition) is 6. The summed E-state index contributed by atoms with van der Waals surface area (Å²) in [6, 6.07) is 4.00. The Morgan fingerprint density at radius 3 is 2.58 bits per heavy atom. The molecule has 1 aliphatic rings. The van der Waals surface area contributed by atoms with E-state index in [1.807, 2.05) is 0 Å². The molecule has 1 aliphatic heterocycles. The molecule has 3 N–H and O–H groups in total. The number of amides is 2. The summed E-state index contributed by atoms with van der Waals surface area (Å²) in [5, 5.41) is 9.03. The van der Waals surface area contributed by atoms with Crippen LogP contribution in [0, 0.1) is 0 Å². The van der Waals surface area contributed by atoms with Crippen LogP contribution >= 0.6 is 12.6 Å². The third kappa shape index (κ3) is 4.49. The minimum Gasteiger partial charge on any atom is -0.508 e. The first-order valence-electron chi connectivity index (χ1n) is 8.32. The van der Waals surface area contributed by atoms with Gasteiger partial charge in [0.2, 0.25) is 5.91 Å². The zero-order valence-corrected chi connectivity index (χ0v) is 16.0. The van der Waals surface area contributed by atoms with Crippen LogP contribution in [0.15, 0.2) is 18.2 Å². The fraction of sp³-hybridized carbons (Fsp3) is 0.500. The molecule has 0 fully saturated rings. The number of primary amides is 1. The number of thiol groups is 1. The molecule has 2 rings (SSSR count). The van der Waals surface area contributed by atoms with Gasteiger partial charge in [-0.15, -0.1) is 0 Å². The quantitative estimate of drug-likeness (QED) is 0.513. The Bertz CT molecular complexity index is 729. The molecular weight excluding hydrogens is 356 g/mol. The van der Waals surface area contributed by atoms with Crippen LogP contribution in [0.25, 0.3) is 0 Å². The molecule has 1 aromatic carbocycles. The van der Waals surface area contributed by atoms with Gasteiger partial charge in [0.15, 0.2) is 0 Å². The van der Waals surface area contributed by atoms with Gasteiger partial charge in [0.05, 0.1) is 12.6 Å². The zero-order valence-electron chi connectivity index (χ0n) is 15.1. The second kappa shape index (κ2) is 7.57. The van der Waals surface area contributed by atoms with Crippen LogP contribution in [0.2, 0.25) is 0 Å². The van der Waals surface area contributed by atoms with Crippen molar-refractivity contribution in [3.05, 3.63) is 29.3 Å². The highest BCUT2D eigenvalue weighted by Gasteiger charge is 2.38.